The number of pyridine rings is 2. The SMILES string of the molecule is c1cnc2n[n+](-c3ccc4ocnc4n3)sc2c1. The summed E-state index contributed by atoms with van der Waals surface area (Å²) in [5.41, 5.74) is 1.95. The summed E-state index contributed by atoms with van der Waals surface area (Å²) < 4.78 is 7.90. The summed E-state index contributed by atoms with van der Waals surface area (Å²) in [7, 11) is 0. The molecule has 6 nitrogen and oxygen atoms in total. The molecule has 0 saturated carbocycles. The van der Waals surface area contributed by atoms with Crippen molar-refractivity contribution >= 4 is 33.1 Å². The highest BCUT2D eigenvalue weighted by Crippen LogP contribution is 2.14. The Kier molecular flexibility index (Phi) is 1.89. The first-order valence-electron chi connectivity index (χ1n) is 5.25. The van der Waals surface area contributed by atoms with Crippen LogP contribution in [0, 0.1) is 0 Å². The second kappa shape index (κ2) is 3.54. The van der Waals surface area contributed by atoms with E-state index in [4.69, 9.17) is 4.42 Å². The van der Waals surface area contributed by atoms with Crippen molar-refractivity contribution in [1.82, 2.24) is 20.1 Å². The minimum absolute atomic E-state index is 0.576. The van der Waals surface area contributed by atoms with Crippen LogP contribution in [0.3, 0.4) is 0 Å². The van der Waals surface area contributed by atoms with E-state index in [1.165, 1.54) is 17.9 Å². The van der Waals surface area contributed by atoms with Gasteiger partial charge in [-0.25, -0.2) is 4.98 Å². The zero-order chi connectivity index (χ0) is 11.9. The zero-order valence-electron chi connectivity index (χ0n) is 9.02. The molecule has 0 fully saturated rings. The number of rotatable bonds is 1. The Morgan fingerprint density at radius 3 is 3.06 bits per heavy atom. The van der Waals surface area contributed by atoms with Crippen molar-refractivity contribution in [2.24, 2.45) is 0 Å². The number of hydrogen-bond donors (Lipinski definition) is 0. The third-order valence-corrected chi connectivity index (χ3v) is 3.45. The van der Waals surface area contributed by atoms with Gasteiger partial charge in [0, 0.05) is 12.3 Å². The molecule has 0 bridgehead atoms. The molecule has 18 heavy (non-hydrogen) atoms. The number of hydrogen-bond acceptors (Lipinski definition) is 6. The predicted molar refractivity (Wildman–Crippen MR) is 64.3 cm³/mol. The summed E-state index contributed by atoms with van der Waals surface area (Å²) in [5.74, 6) is 0.708. The molecule has 0 atom stereocenters. The van der Waals surface area contributed by atoms with E-state index in [9.17, 15) is 0 Å². The van der Waals surface area contributed by atoms with Crippen molar-refractivity contribution < 1.29 is 8.49 Å². The van der Waals surface area contributed by atoms with Gasteiger partial charge in [-0.2, -0.15) is 4.98 Å². The molecule has 0 unspecified atom stereocenters. The first-order chi connectivity index (χ1) is 8.90. The van der Waals surface area contributed by atoms with Gasteiger partial charge in [0.2, 0.25) is 5.65 Å². The quantitative estimate of drug-likeness (QED) is 0.483. The maximum atomic E-state index is 5.16. The molecule has 0 N–H and O–H groups in total. The van der Waals surface area contributed by atoms with Crippen molar-refractivity contribution in [2.45, 2.75) is 0 Å². The van der Waals surface area contributed by atoms with Crippen LogP contribution in [0.25, 0.3) is 27.4 Å². The lowest BCUT2D eigenvalue weighted by atomic mass is 10.4. The molecule has 0 saturated heterocycles. The predicted octanol–water partition coefficient (Wildman–Crippen LogP) is 1.50. The van der Waals surface area contributed by atoms with Gasteiger partial charge in [-0.3, -0.25) is 0 Å². The van der Waals surface area contributed by atoms with E-state index in [1.54, 1.807) is 10.3 Å². The van der Waals surface area contributed by atoms with E-state index >= 15 is 0 Å². The Labute approximate surface area is 105 Å². The van der Waals surface area contributed by atoms with Gasteiger partial charge < -0.3 is 4.42 Å². The highest BCUT2D eigenvalue weighted by Gasteiger charge is 2.17. The van der Waals surface area contributed by atoms with Crippen LogP contribution in [0.1, 0.15) is 0 Å². The first kappa shape index (κ1) is 9.60. The van der Waals surface area contributed by atoms with Crippen molar-refractivity contribution in [1.29, 1.82) is 0 Å². The van der Waals surface area contributed by atoms with Crippen LogP contribution < -0.4 is 4.07 Å². The Hall–Kier alpha value is -2.41. The minimum atomic E-state index is 0.576. The number of fused-ring (bicyclic) bond motifs is 2. The Bertz CT molecular complexity index is 820. The number of oxazole rings is 1. The van der Waals surface area contributed by atoms with Crippen molar-refractivity contribution in [3.63, 3.8) is 0 Å². The largest absolute Gasteiger partial charge is 0.439 e. The summed E-state index contributed by atoms with van der Waals surface area (Å²) in [6.07, 6.45) is 3.10. The fourth-order valence-corrected chi connectivity index (χ4v) is 2.49. The fraction of sp³-hybridized carbons (Fsp3) is 0. The number of aromatic nitrogens is 5. The average molecular weight is 256 g/mol. The highest BCUT2D eigenvalue weighted by atomic mass is 32.1. The maximum Gasteiger partial charge on any atom is 0.362 e. The first-order valence-corrected chi connectivity index (χ1v) is 6.02. The molecule has 4 aromatic rings. The molecular formula is C11H6N5OS+. The molecule has 0 aliphatic heterocycles. The van der Waals surface area contributed by atoms with Crippen LogP contribution in [0.15, 0.2) is 41.3 Å². The molecule has 0 aromatic carbocycles. The Morgan fingerprint density at radius 2 is 2.11 bits per heavy atom. The van der Waals surface area contributed by atoms with Crippen molar-refractivity contribution in [3.8, 4) is 5.82 Å². The third kappa shape index (κ3) is 1.37. The summed E-state index contributed by atoms with van der Waals surface area (Å²) in [4.78, 5) is 12.6. The Morgan fingerprint density at radius 1 is 1.11 bits per heavy atom. The van der Waals surface area contributed by atoms with Crippen LogP contribution in [0.4, 0.5) is 0 Å². The average Bonchev–Trinajstić information content (AvgIpc) is 3.04. The zero-order valence-corrected chi connectivity index (χ0v) is 9.83. The minimum Gasteiger partial charge on any atom is -0.439 e. The summed E-state index contributed by atoms with van der Waals surface area (Å²) in [5, 5.41) is 4.38. The summed E-state index contributed by atoms with van der Waals surface area (Å²) in [6.45, 7) is 0. The van der Waals surface area contributed by atoms with E-state index in [0.29, 0.717) is 22.7 Å². The topological polar surface area (TPSA) is 68.6 Å². The highest BCUT2D eigenvalue weighted by molar-refractivity contribution is 7.09. The van der Waals surface area contributed by atoms with Crippen LogP contribution >= 0.6 is 11.5 Å². The van der Waals surface area contributed by atoms with E-state index in [2.05, 4.69) is 20.1 Å². The van der Waals surface area contributed by atoms with Gasteiger partial charge in [-0.05, 0) is 32.4 Å². The van der Waals surface area contributed by atoms with Crippen molar-refractivity contribution in [3.05, 3.63) is 36.9 Å². The molecular weight excluding hydrogens is 250 g/mol. The lowest BCUT2D eigenvalue weighted by Crippen LogP contribution is -2.30. The molecule has 0 radical (unpaired) electrons. The van der Waals surface area contributed by atoms with E-state index < -0.39 is 0 Å². The molecule has 86 valence electrons. The van der Waals surface area contributed by atoms with Gasteiger partial charge in [-0.15, -0.1) is 0 Å². The summed E-state index contributed by atoms with van der Waals surface area (Å²) >= 11 is 1.48. The second-order valence-electron chi connectivity index (χ2n) is 3.63. The maximum absolute atomic E-state index is 5.16. The van der Waals surface area contributed by atoms with Crippen LogP contribution in [0.2, 0.25) is 0 Å². The van der Waals surface area contributed by atoms with Gasteiger partial charge in [0.05, 0.1) is 11.5 Å². The van der Waals surface area contributed by atoms with Gasteiger partial charge >= 0.3 is 11.5 Å². The van der Waals surface area contributed by atoms with Gasteiger partial charge in [0.1, 0.15) is 4.70 Å². The second-order valence-corrected chi connectivity index (χ2v) is 4.60. The monoisotopic (exact) mass is 256 g/mol. The smallest absolute Gasteiger partial charge is 0.362 e. The lowest BCUT2D eigenvalue weighted by Gasteiger charge is -1.84. The molecule has 0 spiro atoms. The van der Waals surface area contributed by atoms with Crippen LogP contribution in [-0.4, -0.2) is 20.1 Å². The van der Waals surface area contributed by atoms with E-state index in [0.717, 1.165) is 4.70 Å². The standard InChI is InChI=1S/C11H6N5OS/c1-2-8-11(12-5-1)15-16(18-8)9-4-3-7-10(14-9)13-6-17-7/h1-6H/q+1. The molecule has 4 rings (SSSR count). The van der Waals surface area contributed by atoms with Crippen LogP contribution in [0.5, 0.6) is 0 Å². The number of nitrogens with zero attached hydrogens (tertiary/aromatic N) is 5. The molecule has 0 amide bonds. The third-order valence-electron chi connectivity index (χ3n) is 2.50. The molecule has 4 heterocycles. The van der Waals surface area contributed by atoms with Crippen LogP contribution in [-0.2, 0) is 0 Å². The molecule has 0 aliphatic carbocycles. The molecule has 4 aromatic heterocycles. The lowest BCUT2D eigenvalue weighted by molar-refractivity contribution is -0.589. The normalized spacial score (nSPS) is 11.3. The van der Waals surface area contributed by atoms with Gasteiger partial charge in [0.25, 0.3) is 0 Å². The molecule has 7 heteroatoms. The Balaban J connectivity index is 1.94. The van der Waals surface area contributed by atoms with E-state index in [1.807, 2.05) is 24.3 Å². The molecule has 0 aliphatic rings. The van der Waals surface area contributed by atoms with Gasteiger partial charge in [0.15, 0.2) is 12.0 Å². The van der Waals surface area contributed by atoms with Gasteiger partial charge in [-0.1, -0.05) is 0 Å². The van der Waals surface area contributed by atoms with Crippen molar-refractivity contribution in [2.75, 3.05) is 0 Å². The summed E-state index contributed by atoms with van der Waals surface area (Å²) in [6, 6.07) is 7.54. The fourth-order valence-electron chi connectivity index (χ4n) is 1.68. The van der Waals surface area contributed by atoms with E-state index in [-0.39, 0.29) is 0 Å².